The zero-order chi connectivity index (χ0) is 22.5. The standard InChI is InChI=1S/C24H22F4O3/c1-23(2,18-9-11-20(12-10-18)31-24(26,27)28)16-29-15-17-8-13-21(25)22(14-17)30-19-6-4-3-5-7-19/h3-14H,15-16H2,1-2H3. The van der Waals surface area contributed by atoms with Gasteiger partial charge in [-0.3, -0.25) is 0 Å². The Balaban J connectivity index is 1.59. The van der Waals surface area contributed by atoms with Crippen molar-refractivity contribution in [2.45, 2.75) is 32.2 Å². The van der Waals surface area contributed by atoms with Crippen molar-refractivity contribution >= 4 is 0 Å². The van der Waals surface area contributed by atoms with Gasteiger partial charge in [0, 0.05) is 5.41 Å². The number of hydrogen-bond acceptors (Lipinski definition) is 3. The molecule has 0 fully saturated rings. The number of para-hydroxylation sites is 1. The predicted molar refractivity (Wildman–Crippen MR) is 109 cm³/mol. The van der Waals surface area contributed by atoms with Crippen LogP contribution in [0, 0.1) is 5.82 Å². The highest BCUT2D eigenvalue weighted by atomic mass is 19.4. The molecule has 0 N–H and O–H groups in total. The number of benzene rings is 3. The van der Waals surface area contributed by atoms with Crippen molar-refractivity contribution in [1.82, 2.24) is 0 Å². The van der Waals surface area contributed by atoms with E-state index < -0.39 is 17.6 Å². The van der Waals surface area contributed by atoms with Crippen molar-refractivity contribution in [2.24, 2.45) is 0 Å². The summed E-state index contributed by atoms with van der Waals surface area (Å²) in [6.07, 6.45) is -4.72. The van der Waals surface area contributed by atoms with Gasteiger partial charge in [-0.25, -0.2) is 4.39 Å². The van der Waals surface area contributed by atoms with E-state index in [1.54, 1.807) is 48.5 Å². The van der Waals surface area contributed by atoms with Gasteiger partial charge in [0.15, 0.2) is 11.6 Å². The molecule has 0 aromatic heterocycles. The first-order valence-electron chi connectivity index (χ1n) is 9.58. The van der Waals surface area contributed by atoms with Gasteiger partial charge in [0.25, 0.3) is 0 Å². The number of alkyl halides is 3. The van der Waals surface area contributed by atoms with Gasteiger partial charge in [-0.15, -0.1) is 13.2 Å². The molecule has 0 atom stereocenters. The van der Waals surface area contributed by atoms with E-state index in [1.807, 2.05) is 19.9 Å². The fourth-order valence-electron chi connectivity index (χ4n) is 2.95. The Morgan fingerprint density at radius 2 is 1.48 bits per heavy atom. The Kier molecular flexibility index (Phi) is 6.85. The normalized spacial score (nSPS) is 11.9. The number of hydrogen-bond donors (Lipinski definition) is 0. The van der Waals surface area contributed by atoms with Crippen molar-refractivity contribution in [3.8, 4) is 17.2 Å². The Labute approximate surface area is 178 Å². The lowest BCUT2D eigenvalue weighted by Crippen LogP contribution is -2.24. The molecule has 0 radical (unpaired) electrons. The largest absolute Gasteiger partial charge is 0.573 e. The molecule has 3 rings (SSSR count). The molecular weight excluding hydrogens is 412 g/mol. The predicted octanol–water partition coefficient (Wildman–Crippen LogP) is 7.01. The van der Waals surface area contributed by atoms with Crippen molar-refractivity contribution < 1.29 is 31.8 Å². The molecule has 0 aliphatic carbocycles. The maximum Gasteiger partial charge on any atom is 0.573 e. The van der Waals surface area contributed by atoms with Gasteiger partial charge in [-0.05, 0) is 47.5 Å². The Bertz CT molecular complexity index is 984. The summed E-state index contributed by atoms with van der Waals surface area (Å²) in [5, 5.41) is 0. The van der Waals surface area contributed by atoms with E-state index in [0.29, 0.717) is 12.4 Å². The minimum absolute atomic E-state index is 0.104. The Hall–Kier alpha value is -3.06. The van der Waals surface area contributed by atoms with E-state index in [4.69, 9.17) is 9.47 Å². The van der Waals surface area contributed by atoms with E-state index in [1.165, 1.54) is 18.2 Å². The van der Waals surface area contributed by atoms with Crippen molar-refractivity contribution in [3.63, 3.8) is 0 Å². The molecule has 3 aromatic rings. The van der Waals surface area contributed by atoms with Gasteiger partial charge in [0.05, 0.1) is 13.2 Å². The van der Waals surface area contributed by atoms with Crippen LogP contribution in [0.25, 0.3) is 0 Å². The first kappa shape index (κ1) is 22.6. The van der Waals surface area contributed by atoms with E-state index >= 15 is 0 Å². The zero-order valence-corrected chi connectivity index (χ0v) is 17.1. The summed E-state index contributed by atoms with van der Waals surface area (Å²) in [5.41, 5.74) is 1.08. The molecule has 3 aromatic carbocycles. The van der Waals surface area contributed by atoms with Crippen LogP contribution in [0.2, 0.25) is 0 Å². The molecule has 164 valence electrons. The highest BCUT2D eigenvalue weighted by molar-refractivity contribution is 5.35. The molecule has 0 heterocycles. The summed E-state index contributed by atoms with van der Waals surface area (Å²) >= 11 is 0. The molecule has 0 amide bonds. The number of ether oxygens (including phenoxy) is 3. The van der Waals surface area contributed by atoms with E-state index in [0.717, 1.165) is 11.1 Å². The van der Waals surface area contributed by atoms with Crippen LogP contribution < -0.4 is 9.47 Å². The highest BCUT2D eigenvalue weighted by Crippen LogP contribution is 2.29. The van der Waals surface area contributed by atoms with Crippen LogP contribution >= 0.6 is 0 Å². The van der Waals surface area contributed by atoms with Crippen LogP contribution in [-0.2, 0) is 16.8 Å². The van der Waals surface area contributed by atoms with Crippen LogP contribution in [0.3, 0.4) is 0 Å². The average Bonchev–Trinajstić information content (AvgIpc) is 2.70. The van der Waals surface area contributed by atoms with Crippen LogP contribution in [0.5, 0.6) is 17.2 Å². The first-order chi connectivity index (χ1) is 14.6. The third-order valence-corrected chi connectivity index (χ3v) is 4.57. The summed E-state index contributed by atoms with van der Waals surface area (Å²) < 4.78 is 66.3. The lowest BCUT2D eigenvalue weighted by Gasteiger charge is -2.25. The summed E-state index contributed by atoms with van der Waals surface area (Å²) in [5.74, 6) is -0.121. The molecule has 3 nitrogen and oxygen atoms in total. The van der Waals surface area contributed by atoms with Crippen molar-refractivity contribution in [3.05, 3.63) is 89.7 Å². The van der Waals surface area contributed by atoms with Crippen LogP contribution in [-0.4, -0.2) is 13.0 Å². The second-order valence-corrected chi connectivity index (χ2v) is 7.63. The first-order valence-corrected chi connectivity index (χ1v) is 9.58. The fraction of sp³-hybridized carbons (Fsp3) is 0.250. The quantitative estimate of drug-likeness (QED) is 0.357. The van der Waals surface area contributed by atoms with Gasteiger partial charge in [0.2, 0.25) is 0 Å². The van der Waals surface area contributed by atoms with E-state index in [9.17, 15) is 17.6 Å². The molecule has 0 aliphatic rings. The van der Waals surface area contributed by atoms with Gasteiger partial charge in [0.1, 0.15) is 11.5 Å². The number of rotatable bonds is 8. The van der Waals surface area contributed by atoms with E-state index in [-0.39, 0.29) is 18.1 Å². The van der Waals surface area contributed by atoms with Crippen LogP contribution in [0.4, 0.5) is 17.6 Å². The highest BCUT2D eigenvalue weighted by Gasteiger charge is 2.31. The van der Waals surface area contributed by atoms with Gasteiger partial charge in [-0.1, -0.05) is 50.2 Å². The fourth-order valence-corrected chi connectivity index (χ4v) is 2.95. The molecule has 0 bridgehead atoms. The summed E-state index contributed by atoms with van der Waals surface area (Å²) in [7, 11) is 0. The molecular formula is C24H22F4O3. The van der Waals surface area contributed by atoms with Crippen LogP contribution in [0.15, 0.2) is 72.8 Å². The monoisotopic (exact) mass is 434 g/mol. The van der Waals surface area contributed by atoms with Crippen LogP contribution in [0.1, 0.15) is 25.0 Å². The summed E-state index contributed by atoms with van der Waals surface area (Å²) in [4.78, 5) is 0. The summed E-state index contributed by atoms with van der Waals surface area (Å²) in [6, 6.07) is 19.1. The summed E-state index contributed by atoms with van der Waals surface area (Å²) in [6.45, 7) is 4.37. The Morgan fingerprint density at radius 3 is 2.13 bits per heavy atom. The molecule has 0 aliphatic heterocycles. The third-order valence-electron chi connectivity index (χ3n) is 4.57. The average molecular weight is 434 g/mol. The third kappa shape index (κ3) is 6.72. The maximum atomic E-state index is 14.1. The minimum atomic E-state index is -4.72. The molecule has 31 heavy (non-hydrogen) atoms. The Morgan fingerprint density at radius 1 is 0.806 bits per heavy atom. The van der Waals surface area contributed by atoms with E-state index in [2.05, 4.69) is 4.74 Å². The lowest BCUT2D eigenvalue weighted by atomic mass is 9.85. The molecule has 0 saturated carbocycles. The van der Waals surface area contributed by atoms with Gasteiger partial charge >= 0.3 is 6.36 Å². The second kappa shape index (κ2) is 9.39. The van der Waals surface area contributed by atoms with Crippen molar-refractivity contribution in [2.75, 3.05) is 6.61 Å². The second-order valence-electron chi connectivity index (χ2n) is 7.63. The zero-order valence-electron chi connectivity index (χ0n) is 17.1. The molecule has 0 saturated heterocycles. The molecule has 0 spiro atoms. The maximum absolute atomic E-state index is 14.1. The number of halogens is 4. The van der Waals surface area contributed by atoms with Gasteiger partial charge in [-0.2, -0.15) is 0 Å². The van der Waals surface area contributed by atoms with Crippen molar-refractivity contribution in [1.29, 1.82) is 0 Å². The smallest absolute Gasteiger partial charge is 0.454 e. The molecule has 0 unspecified atom stereocenters. The minimum Gasteiger partial charge on any atom is -0.454 e. The SMILES string of the molecule is CC(C)(COCc1ccc(F)c(Oc2ccccc2)c1)c1ccc(OC(F)(F)F)cc1. The molecule has 7 heteroatoms. The topological polar surface area (TPSA) is 27.7 Å². The lowest BCUT2D eigenvalue weighted by molar-refractivity contribution is -0.274. The van der Waals surface area contributed by atoms with Gasteiger partial charge < -0.3 is 14.2 Å².